The fraction of sp³-hybridized carbons (Fsp3) is 0.750. The lowest BCUT2D eigenvalue weighted by molar-refractivity contribution is 0.0510. The second kappa shape index (κ2) is 10.4. The number of hydrogen-bond acceptors (Lipinski definition) is 5. The van der Waals surface area contributed by atoms with Gasteiger partial charge in [-0.3, -0.25) is 4.90 Å². The van der Waals surface area contributed by atoms with Crippen molar-refractivity contribution in [2.75, 3.05) is 58.3 Å². The zero-order valence-electron chi connectivity index (χ0n) is 21.5. The van der Waals surface area contributed by atoms with E-state index in [0.29, 0.717) is 24.6 Å². The van der Waals surface area contributed by atoms with Crippen molar-refractivity contribution in [3.05, 3.63) is 29.3 Å². The van der Waals surface area contributed by atoms with Crippen molar-refractivity contribution in [1.82, 2.24) is 14.7 Å². The highest BCUT2D eigenvalue weighted by molar-refractivity contribution is 5.67. The van der Waals surface area contributed by atoms with E-state index in [1.165, 1.54) is 75.0 Å². The third-order valence-corrected chi connectivity index (χ3v) is 9.08. The van der Waals surface area contributed by atoms with Crippen LogP contribution in [0, 0.1) is 6.92 Å². The Morgan fingerprint density at radius 1 is 0.941 bits per heavy atom. The molecular formula is C28H44N4O2. The van der Waals surface area contributed by atoms with Crippen LogP contribution in [0.4, 0.5) is 10.5 Å². The van der Waals surface area contributed by atoms with Gasteiger partial charge in [-0.1, -0.05) is 12.1 Å². The minimum atomic E-state index is -0.0872. The number of anilines is 1. The molecule has 4 aliphatic heterocycles. The molecule has 1 aromatic rings. The van der Waals surface area contributed by atoms with Crippen molar-refractivity contribution in [2.24, 2.45) is 0 Å². The van der Waals surface area contributed by atoms with Crippen LogP contribution in [0.3, 0.4) is 0 Å². The molecule has 0 bridgehead atoms. The molecule has 4 fully saturated rings. The normalized spacial score (nSPS) is 27.2. The first-order valence-electron chi connectivity index (χ1n) is 13.7. The second-order valence-electron chi connectivity index (χ2n) is 11.3. The van der Waals surface area contributed by atoms with E-state index in [1.54, 1.807) is 0 Å². The van der Waals surface area contributed by atoms with Crippen molar-refractivity contribution in [3.8, 4) is 0 Å². The topological polar surface area (TPSA) is 39.3 Å². The first kappa shape index (κ1) is 23.9. The maximum atomic E-state index is 12.7. The summed E-state index contributed by atoms with van der Waals surface area (Å²) in [6.07, 6.45) is 9.64. The summed E-state index contributed by atoms with van der Waals surface area (Å²) in [7, 11) is 4.27. The molecule has 2 unspecified atom stereocenters. The number of carbonyl (C=O) groups excluding carboxylic acids is 1. The number of aryl methyl sites for hydroxylation is 1. The predicted molar refractivity (Wildman–Crippen MR) is 138 cm³/mol. The molecule has 188 valence electrons. The summed E-state index contributed by atoms with van der Waals surface area (Å²) in [5, 5.41) is 0. The van der Waals surface area contributed by atoms with Gasteiger partial charge < -0.3 is 19.4 Å². The highest BCUT2D eigenvalue weighted by Crippen LogP contribution is 2.34. The van der Waals surface area contributed by atoms with Crippen molar-refractivity contribution in [2.45, 2.75) is 82.3 Å². The number of carbonyl (C=O) groups is 1. The molecule has 0 aliphatic carbocycles. The maximum Gasteiger partial charge on any atom is 0.409 e. The van der Waals surface area contributed by atoms with E-state index in [1.807, 2.05) is 4.90 Å². The SMILES string of the molecule is Cc1ccc(C2CCN(C3CCN(C(=O)OCC4CCC5CCCN54)CC3)CC2)cc1N(C)C. The summed E-state index contributed by atoms with van der Waals surface area (Å²) in [6.45, 7) is 7.98. The van der Waals surface area contributed by atoms with E-state index in [0.717, 1.165) is 32.0 Å². The number of piperidine rings is 2. The lowest BCUT2D eigenvalue weighted by atomic mass is 9.87. The van der Waals surface area contributed by atoms with Gasteiger partial charge in [0.1, 0.15) is 6.61 Å². The molecule has 0 spiro atoms. The lowest BCUT2D eigenvalue weighted by Gasteiger charge is -2.41. The van der Waals surface area contributed by atoms with Crippen LogP contribution in [0.15, 0.2) is 18.2 Å². The molecule has 1 aromatic carbocycles. The first-order chi connectivity index (χ1) is 16.5. The Labute approximate surface area is 206 Å². The van der Waals surface area contributed by atoms with E-state index >= 15 is 0 Å². The Balaban J connectivity index is 1.05. The van der Waals surface area contributed by atoms with Crippen LogP contribution >= 0.6 is 0 Å². The number of rotatable bonds is 5. The Bertz CT molecular complexity index is 843. The average Bonchev–Trinajstić information content (AvgIpc) is 3.47. The van der Waals surface area contributed by atoms with Crippen LogP contribution in [0.2, 0.25) is 0 Å². The molecule has 6 nitrogen and oxygen atoms in total. The standard InChI is InChI=1S/C28H44N4O2/c1-21-6-7-23(19-27(21)29(2)3)22-10-15-30(16-11-22)24-12-17-31(18-13-24)28(33)34-20-26-9-8-25-5-4-14-32(25)26/h6-7,19,22,24-26H,4-5,8-18,20H2,1-3H3. The van der Waals surface area contributed by atoms with Gasteiger partial charge in [0, 0.05) is 51.0 Å². The largest absolute Gasteiger partial charge is 0.448 e. The maximum absolute atomic E-state index is 12.7. The van der Waals surface area contributed by atoms with Crippen LogP contribution in [-0.4, -0.2) is 92.3 Å². The van der Waals surface area contributed by atoms with Gasteiger partial charge in [-0.2, -0.15) is 0 Å². The fourth-order valence-corrected chi connectivity index (χ4v) is 7.01. The van der Waals surface area contributed by atoms with E-state index < -0.39 is 0 Å². The molecule has 4 aliphatic rings. The minimum Gasteiger partial charge on any atom is -0.448 e. The minimum absolute atomic E-state index is 0.0872. The number of likely N-dealkylation sites (tertiary alicyclic amines) is 2. The lowest BCUT2D eigenvalue weighted by Crippen LogP contribution is -2.49. The van der Waals surface area contributed by atoms with E-state index in [4.69, 9.17) is 4.74 Å². The molecule has 4 saturated heterocycles. The van der Waals surface area contributed by atoms with E-state index in [2.05, 4.69) is 53.9 Å². The molecule has 1 amide bonds. The highest BCUT2D eigenvalue weighted by Gasteiger charge is 2.37. The molecule has 0 aromatic heterocycles. The van der Waals surface area contributed by atoms with Gasteiger partial charge >= 0.3 is 6.09 Å². The van der Waals surface area contributed by atoms with Gasteiger partial charge in [0.15, 0.2) is 0 Å². The zero-order chi connectivity index (χ0) is 23.7. The molecule has 0 radical (unpaired) electrons. The summed E-state index contributed by atoms with van der Waals surface area (Å²) < 4.78 is 5.78. The quantitative estimate of drug-likeness (QED) is 0.638. The fourth-order valence-electron chi connectivity index (χ4n) is 7.01. The highest BCUT2D eigenvalue weighted by atomic mass is 16.6. The molecule has 5 rings (SSSR count). The van der Waals surface area contributed by atoms with Crippen molar-refractivity contribution < 1.29 is 9.53 Å². The molecule has 2 atom stereocenters. The summed E-state index contributed by atoms with van der Waals surface area (Å²) >= 11 is 0. The Morgan fingerprint density at radius 2 is 1.71 bits per heavy atom. The molecule has 34 heavy (non-hydrogen) atoms. The summed E-state index contributed by atoms with van der Waals surface area (Å²) in [5.41, 5.74) is 4.18. The summed E-state index contributed by atoms with van der Waals surface area (Å²) in [6, 6.07) is 8.84. The number of hydrogen-bond donors (Lipinski definition) is 0. The van der Waals surface area contributed by atoms with Gasteiger partial charge in [0.05, 0.1) is 0 Å². The Kier molecular flexibility index (Phi) is 7.35. The van der Waals surface area contributed by atoms with Gasteiger partial charge in [0.2, 0.25) is 0 Å². The van der Waals surface area contributed by atoms with Crippen molar-refractivity contribution in [3.63, 3.8) is 0 Å². The molecule has 6 heteroatoms. The average molecular weight is 469 g/mol. The van der Waals surface area contributed by atoms with Crippen LogP contribution in [0.5, 0.6) is 0 Å². The summed E-state index contributed by atoms with van der Waals surface area (Å²) in [4.78, 5) is 22.1. The number of fused-ring (bicyclic) bond motifs is 1. The number of nitrogens with zero attached hydrogens (tertiary/aromatic N) is 4. The molecule has 0 saturated carbocycles. The number of ether oxygens (including phenoxy) is 1. The van der Waals surface area contributed by atoms with E-state index in [9.17, 15) is 4.79 Å². The smallest absolute Gasteiger partial charge is 0.409 e. The molecule has 0 N–H and O–H groups in total. The third-order valence-electron chi connectivity index (χ3n) is 9.08. The third kappa shape index (κ3) is 5.08. The van der Waals surface area contributed by atoms with Gasteiger partial charge in [-0.15, -0.1) is 0 Å². The molecular weight excluding hydrogens is 424 g/mol. The van der Waals surface area contributed by atoms with Gasteiger partial charge in [-0.25, -0.2) is 4.79 Å². The monoisotopic (exact) mass is 468 g/mol. The Hall–Kier alpha value is -1.79. The van der Waals surface area contributed by atoms with E-state index in [-0.39, 0.29) is 6.09 Å². The van der Waals surface area contributed by atoms with Gasteiger partial charge in [-0.05, 0) is 101 Å². The summed E-state index contributed by atoms with van der Waals surface area (Å²) in [5.74, 6) is 0.663. The Morgan fingerprint density at radius 3 is 2.44 bits per heavy atom. The number of amides is 1. The zero-order valence-corrected chi connectivity index (χ0v) is 21.5. The van der Waals surface area contributed by atoms with Crippen molar-refractivity contribution in [1.29, 1.82) is 0 Å². The van der Waals surface area contributed by atoms with Crippen LogP contribution in [0.25, 0.3) is 0 Å². The second-order valence-corrected chi connectivity index (χ2v) is 11.3. The van der Waals surface area contributed by atoms with Crippen LogP contribution in [-0.2, 0) is 4.74 Å². The van der Waals surface area contributed by atoms with Crippen LogP contribution < -0.4 is 4.90 Å². The predicted octanol–water partition coefficient (Wildman–Crippen LogP) is 4.47. The number of benzene rings is 1. The van der Waals surface area contributed by atoms with Gasteiger partial charge in [0.25, 0.3) is 0 Å². The first-order valence-corrected chi connectivity index (χ1v) is 13.7. The molecule has 4 heterocycles. The van der Waals surface area contributed by atoms with Crippen molar-refractivity contribution >= 4 is 11.8 Å². The van der Waals surface area contributed by atoms with Crippen LogP contribution in [0.1, 0.15) is 68.4 Å².